The first-order chi connectivity index (χ1) is 17.3. The molecule has 1 N–H and O–H groups in total. The molecule has 1 amide bonds. The first-order valence-electron chi connectivity index (χ1n) is 11.7. The topological polar surface area (TPSA) is 88.2 Å². The minimum atomic E-state index is -4.08. The molecular formula is C27H33N3O5S. The number of hydrogen-bond donors (Lipinski definition) is 1. The van der Waals surface area contributed by atoms with Gasteiger partial charge in [-0.2, -0.15) is 0 Å². The molecule has 0 heterocycles. The largest absolute Gasteiger partial charge is 0.493 e. The smallest absolute Gasteiger partial charge is 0.264 e. The van der Waals surface area contributed by atoms with Crippen molar-refractivity contribution in [2.45, 2.75) is 25.3 Å². The summed E-state index contributed by atoms with van der Waals surface area (Å²) in [4.78, 5) is 15.1. The summed E-state index contributed by atoms with van der Waals surface area (Å²) in [6.07, 6.45) is 0. The van der Waals surface area contributed by atoms with E-state index in [-0.39, 0.29) is 23.7 Å². The monoisotopic (exact) mass is 511 g/mol. The summed E-state index contributed by atoms with van der Waals surface area (Å²) < 4.78 is 38.8. The van der Waals surface area contributed by atoms with Gasteiger partial charge < -0.3 is 19.7 Å². The van der Waals surface area contributed by atoms with Crippen LogP contribution in [0.2, 0.25) is 0 Å². The lowest BCUT2D eigenvalue weighted by Crippen LogP contribution is -2.40. The van der Waals surface area contributed by atoms with E-state index in [0.29, 0.717) is 11.4 Å². The van der Waals surface area contributed by atoms with Crippen LogP contribution in [0.4, 0.5) is 11.4 Å². The zero-order chi connectivity index (χ0) is 26.1. The molecule has 0 aliphatic heterocycles. The Bertz CT molecular complexity index is 1240. The number of sulfonamides is 1. The average molecular weight is 512 g/mol. The van der Waals surface area contributed by atoms with Gasteiger partial charge in [0.2, 0.25) is 5.91 Å². The molecule has 0 atom stereocenters. The maximum Gasteiger partial charge on any atom is 0.264 e. The molecule has 3 aromatic rings. The van der Waals surface area contributed by atoms with Gasteiger partial charge in [0, 0.05) is 31.4 Å². The van der Waals surface area contributed by atoms with Gasteiger partial charge in [0.1, 0.15) is 6.54 Å². The highest BCUT2D eigenvalue weighted by molar-refractivity contribution is 7.92. The van der Waals surface area contributed by atoms with Gasteiger partial charge in [-0.1, -0.05) is 30.3 Å². The molecule has 192 valence electrons. The standard InChI is InChI=1S/C27H33N3O5S/c1-5-29(6-2)22-14-12-21(13-15-22)19-28-27(31)20-30(23-10-8-7-9-11-23)36(32,33)24-16-17-25(34-3)26(18-24)35-4/h7-18H,5-6,19-20H2,1-4H3,(H,28,31). The number of amides is 1. The number of carbonyl (C=O) groups excluding carboxylic acids is 1. The predicted molar refractivity (Wildman–Crippen MR) is 142 cm³/mol. The van der Waals surface area contributed by atoms with Gasteiger partial charge in [0.15, 0.2) is 11.5 Å². The number of para-hydroxylation sites is 1. The third-order valence-corrected chi connectivity index (χ3v) is 7.60. The van der Waals surface area contributed by atoms with E-state index in [2.05, 4.69) is 24.1 Å². The van der Waals surface area contributed by atoms with E-state index >= 15 is 0 Å². The number of benzene rings is 3. The van der Waals surface area contributed by atoms with Crippen molar-refractivity contribution in [1.29, 1.82) is 0 Å². The number of ether oxygens (including phenoxy) is 2. The Hall–Kier alpha value is -3.72. The Balaban J connectivity index is 1.80. The van der Waals surface area contributed by atoms with Gasteiger partial charge in [0.05, 0.1) is 24.8 Å². The zero-order valence-electron chi connectivity index (χ0n) is 21.1. The van der Waals surface area contributed by atoms with Crippen LogP contribution < -0.4 is 24.0 Å². The second-order valence-electron chi connectivity index (χ2n) is 7.98. The van der Waals surface area contributed by atoms with Crippen molar-refractivity contribution in [3.8, 4) is 11.5 Å². The number of anilines is 2. The Labute approximate surface area is 213 Å². The van der Waals surface area contributed by atoms with E-state index in [1.807, 2.05) is 24.3 Å². The lowest BCUT2D eigenvalue weighted by molar-refractivity contribution is -0.119. The van der Waals surface area contributed by atoms with E-state index in [1.54, 1.807) is 30.3 Å². The van der Waals surface area contributed by atoms with E-state index < -0.39 is 15.9 Å². The van der Waals surface area contributed by atoms with E-state index in [1.165, 1.54) is 32.4 Å². The molecule has 0 spiro atoms. The molecule has 0 unspecified atom stereocenters. The summed E-state index contributed by atoms with van der Waals surface area (Å²) in [7, 11) is -1.17. The summed E-state index contributed by atoms with van der Waals surface area (Å²) in [6.45, 7) is 5.94. The van der Waals surface area contributed by atoms with Gasteiger partial charge in [-0.25, -0.2) is 8.42 Å². The first-order valence-corrected chi connectivity index (χ1v) is 13.2. The fourth-order valence-corrected chi connectivity index (χ4v) is 5.25. The lowest BCUT2D eigenvalue weighted by atomic mass is 10.2. The molecule has 0 aromatic heterocycles. The highest BCUT2D eigenvalue weighted by Gasteiger charge is 2.28. The van der Waals surface area contributed by atoms with Crippen LogP contribution in [0.5, 0.6) is 11.5 Å². The summed E-state index contributed by atoms with van der Waals surface area (Å²) in [5.74, 6) is 0.271. The molecule has 36 heavy (non-hydrogen) atoms. The molecule has 0 aliphatic carbocycles. The maximum absolute atomic E-state index is 13.6. The van der Waals surface area contributed by atoms with E-state index in [0.717, 1.165) is 28.6 Å². The summed E-state index contributed by atoms with van der Waals surface area (Å²) in [6, 6.07) is 20.8. The minimum Gasteiger partial charge on any atom is -0.493 e. The van der Waals surface area contributed by atoms with Crippen molar-refractivity contribution in [2.24, 2.45) is 0 Å². The highest BCUT2D eigenvalue weighted by atomic mass is 32.2. The third kappa shape index (κ3) is 6.28. The zero-order valence-corrected chi connectivity index (χ0v) is 21.9. The Morgan fingerprint density at radius 3 is 2.06 bits per heavy atom. The van der Waals surface area contributed by atoms with Crippen molar-refractivity contribution in [3.05, 3.63) is 78.4 Å². The van der Waals surface area contributed by atoms with Gasteiger partial charge in [-0.15, -0.1) is 0 Å². The van der Waals surface area contributed by atoms with Gasteiger partial charge >= 0.3 is 0 Å². The Morgan fingerprint density at radius 2 is 1.47 bits per heavy atom. The van der Waals surface area contributed by atoms with E-state index in [4.69, 9.17) is 9.47 Å². The van der Waals surface area contributed by atoms with Crippen LogP contribution >= 0.6 is 0 Å². The number of nitrogens with zero attached hydrogens (tertiary/aromatic N) is 2. The number of carbonyl (C=O) groups is 1. The molecule has 8 nitrogen and oxygen atoms in total. The highest BCUT2D eigenvalue weighted by Crippen LogP contribution is 2.32. The second-order valence-corrected chi connectivity index (χ2v) is 9.84. The SMILES string of the molecule is CCN(CC)c1ccc(CNC(=O)CN(c2ccccc2)S(=O)(=O)c2ccc(OC)c(OC)c2)cc1. The van der Waals surface area contributed by atoms with Gasteiger partial charge in [0.25, 0.3) is 10.0 Å². The molecule has 3 aromatic carbocycles. The molecular weight excluding hydrogens is 478 g/mol. The lowest BCUT2D eigenvalue weighted by Gasteiger charge is -2.24. The Kier molecular flexibility index (Phi) is 9.19. The van der Waals surface area contributed by atoms with Crippen LogP contribution in [0.3, 0.4) is 0 Å². The maximum atomic E-state index is 13.6. The second kappa shape index (κ2) is 12.3. The van der Waals surface area contributed by atoms with Crippen molar-refractivity contribution < 1.29 is 22.7 Å². The van der Waals surface area contributed by atoms with Crippen molar-refractivity contribution in [1.82, 2.24) is 5.32 Å². The molecule has 9 heteroatoms. The van der Waals surface area contributed by atoms with Gasteiger partial charge in [-0.3, -0.25) is 9.10 Å². The number of hydrogen-bond acceptors (Lipinski definition) is 6. The third-order valence-electron chi connectivity index (χ3n) is 5.83. The summed E-state index contributed by atoms with van der Waals surface area (Å²) in [5.41, 5.74) is 2.42. The van der Waals surface area contributed by atoms with Crippen molar-refractivity contribution in [2.75, 3.05) is 43.1 Å². The molecule has 0 aliphatic rings. The molecule has 0 fully saturated rings. The fraction of sp³-hybridized carbons (Fsp3) is 0.296. The summed E-state index contributed by atoms with van der Waals surface area (Å²) in [5, 5.41) is 2.84. The number of nitrogens with one attached hydrogen (secondary N) is 1. The summed E-state index contributed by atoms with van der Waals surface area (Å²) >= 11 is 0. The predicted octanol–water partition coefficient (Wildman–Crippen LogP) is 4.06. The molecule has 0 bridgehead atoms. The fourth-order valence-electron chi connectivity index (χ4n) is 3.81. The van der Waals surface area contributed by atoms with Crippen molar-refractivity contribution in [3.63, 3.8) is 0 Å². The molecule has 0 saturated carbocycles. The quantitative estimate of drug-likeness (QED) is 0.395. The van der Waals surface area contributed by atoms with Crippen LogP contribution in [-0.2, 0) is 21.4 Å². The Morgan fingerprint density at radius 1 is 0.833 bits per heavy atom. The number of methoxy groups -OCH3 is 2. The van der Waals surface area contributed by atoms with Gasteiger partial charge in [-0.05, 0) is 55.8 Å². The normalized spacial score (nSPS) is 11.0. The van der Waals surface area contributed by atoms with Crippen LogP contribution in [0.1, 0.15) is 19.4 Å². The van der Waals surface area contributed by atoms with E-state index in [9.17, 15) is 13.2 Å². The van der Waals surface area contributed by atoms with Crippen LogP contribution in [0.25, 0.3) is 0 Å². The average Bonchev–Trinajstić information content (AvgIpc) is 2.91. The molecule has 0 saturated heterocycles. The van der Waals surface area contributed by atoms with Crippen LogP contribution in [0, 0.1) is 0 Å². The molecule has 3 rings (SSSR count). The van der Waals surface area contributed by atoms with Crippen LogP contribution in [-0.4, -0.2) is 48.2 Å². The number of rotatable bonds is 12. The van der Waals surface area contributed by atoms with Crippen LogP contribution in [0.15, 0.2) is 77.7 Å². The molecule has 0 radical (unpaired) electrons. The first kappa shape index (κ1) is 26.9. The van der Waals surface area contributed by atoms with Crippen molar-refractivity contribution >= 4 is 27.3 Å². The minimum absolute atomic E-state index is 0.0104.